The van der Waals surface area contributed by atoms with Gasteiger partial charge in [0.05, 0.1) is 5.69 Å². The van der Waals surface area contributed by atoms with Crippen LogP contribution in [0.5, 0.6) is 5.75 Å². The quantitative estimate of drug-likeness (QED) is 0.360. The molecule has 3 rings (SSSR count). The molecule has 1 N–H and O–H groups in total. The number of nitrogens with zero attached hydrogens (tertiary/aromatic N) is 3. The molecule has 0 bridgehead atoms. The Balaban J connectivity index is 1.77. The van der Waals surface area contributed by atoms with E-state index in [1.54, 1.807) is 36.0 Å². The Hall–Kier alpha value is -3.19. The molecule has 1 heterocycles. The molecule has 0 aliphatic rings. The lowest BCUT2D eigenvalue weighted by Gasteiger charge is -2.28. The summed E-state index contributed by atoms with van der Waals surface area (Å²) in [5.74, 6) is -0.167. The molecule has 2 atom stereocenters. The standard InChI is InChI=1S/C23H27N3O4/c1-15(2)21(28)30-22(20(27)14-23(3,4)5)29-17-12-10-16(11-13-17)26-24-18-8-6-7-9-19(18)25-26/h6-13,20,22,27H,1,14H2,2-5H3. The first-order chi connectivity index (χ1) is 14.1. The molecule has 1 aromatic heterocycles. The summed E-state index contributed by atoms with van der Waals surface area (Å²) in [6.45, 7) is 11.1. The van der Waals surface area contributed by atoms with Crippen molar-refractivity contribution in [2.45, 2.75) is 46.5 Å². The van der Waals surface area contributed by atoms with E-state index in [0.717, 1.165) is 16.7 Å². The summed E-state index contributed by atoms with van der Waals surface area (Å²) in [7, 11) is 0. The van der Waals surface area contributed by atoms with Crippen LogP contribution in [-0.2, 0) is 9.53 Å². The molecule has 0 amide bonds. The van der Waals surface area contributed by atoms with Crippen LogP contribution in [0.25, 0.3) is 16.7 Å². The van der Waals surface area contributed by atoms with Crippen molar-refractivity contribution in [2.75, 3.05) is 0 Å². The number of fused-ring (bicyclic) bond motifs is 1. The number of carbonyl (C=O) groups is 1. The topological polar surface area (TPSA) is 86.5 Å². The third-order valence-electron chi connectivity index (χ3n) is 4.31. The second-order valence-corrected chi connectivity index (χ2v) is 8.48. The van der Waals surface area contributed by atoms with Crippen LogP contribution in [0.2, 0.25) is 0 Å². The highest BCUT2D eigenvalue weighted by atomic mass is 16.7. The molecule has 0 radical (unpaired) electrons. The second kappa shape index (κ2) is 8.67. The first-order valence-electron chi connectivity index (χ1n) is 9.76. The van der Waals surface area contributed by atoms with E-state index in [2.05, 4.69) is 16.8 Å². The van der Waals surface area contributed by atoms with Crippen molar-refractivity contribution in [3.63, 3.8) is 0 Å². The SMILES string of the molecule is C=C(C)C(=O)OC(Oc1ccc(-n2nc3ccccc3n2)cc1)C(O)CC(C)(C)C. The van der Waals surface area contributed by atoms with Gasteiger partial charge in [0.15, 0.2) is 0 Å². The number of ether oxygens (including phenoxy) is 2. The van der Waals surface area contributed by atoms with E-state index in [0.29, 0.717) is 12.2 Å². The highest BCUT2D eigenvalue weighted by molar-refractivity contribution is 5.87. The van der Waals surface area contributed by atoms with Gasteiger partial charge in [0.25, 0.3) is 6.29 Å². The molecule has 0 saturated heterocycles. The zero-order valence-corrected chi connectivity index (χ0v) is 17.7. The van der Waals surface area contributed by atoms with E-state index in [1.165, 1.54) is 0 Å². The van der Waals surface area contributed by atoms with Crippen LogP contribution in [-0.4, -0.2) is 38.5 Å². The van der Waals surface area contributed by atoms with Crippen molar-refractivity contribution in [1.29, 1.82) is 0 Å². The van der Waals surface area contributed by atoms with Crippen molar-refractivity contribution in [2.24, 2.45) is 5.41 Å². The molecule has 158 valence electrons. The van der Waals surface area contributed by atoms with Crippen molar-refractivity contribution in [3.8, 4) is 11.4 Å². The summed E-state index contributed by atoms with van der Waals surface area (Å²) in [5.41, 5.74) is 2.42. The molecular formula is C23H27N3O4. The highest BCUT2D eigenvalue weighted by Gasteiger charge is 2.29. The monoisotopic (exact) mass is 409 g/mol. The number of aliphatic hydroxyl groups is 1. The Bertz CT molecular complexity index is 1000. The average molecular weight is 409 g/mol. The van der Waals surface area contributed by atoms with E-state index in [9.17, 15) is 9.90 Å². The number of benzene rings is 2. The summed E-state index contributed by atoms with van der Waals surface area (Å²) in [4.78, 5) is 13.5. The van der Waals surface area contributed by atoms with Crippen LogP contribution in [0.4, 0.5) is 0 Å². The van der Waals surface area contributed by atoms with Crippen LogP contribution in [0, 0.1) is 5.41 Å². The third-order valence-corrected chi connectivity index (χ3v) is 4.31. The Morgan fingerprint density at radius 2 is 1.67 bits per heavy atom. The number of aromatic nitrogens is 3. The molecule has 7 nitrogen and oxygen atoms in total. The lowest BCUT2D eigenvalue weighted by molar-refractivity contribution is -0.178. The van der Waals surface area contributed by atoms with Crippen molar-refractivity contribution < 1.29 is 19.4 Å². The Morgan fingerprint density at radius 1 is 1.10 bits per heavy atom. The Morgan fingerprint density at radius 3 is 2.17 bits per heavy atom. The molecule has 0 spiro atoms. The minimum atomic E-state index is -1.15. The van der Waals surface area contributed by atoms with Gasteiger partial charge in [-0.1, -0.05) is 39.5 Å². The Kier molecular flexibility index (Phi) is 6.22. The maximum absolute atomic E-state index is 12.0. The first kappa shape index (κ1) is 21.5. The lowest BCUT2D eigenvalue weighted by atomic mass is 9.89. The molecule has 7 heteroatoms. The number of aliphatic hydroxyl groups excluding tert-OH is 1. The molecule has 0 fully saturated rings. The van der Waals surface area contributed by atoms with E-state index in [4.69, 9.17) is 9.47 Å². The largest absolute Gasteiger partial charge is 0.452 e. The number of hydrogen-bond donors (Lipinski definition) is 1. The lowest BCUT2D eigenvalue weighted by Crippen LogP contribution is -2.38. The highest BCUT2D eigenvalue weighted by Crippen LogP contribution is 2.25. The zero-order chi connectivity index (χ0) is 21.9. The Labute approximate surface area is 175 Å². The third kappa shape index (κ3) is 5.45. The maximum atomic E-state index is 12.0. The van der Waals surface area contributed by atoms with Gasteiger partial charge in [-0.25, -0.2) is 4.79 Å². The fourth-order valence-electron chi connectivity index (χ4n) is 2.88. The number of carbonyl (C=O) groups excluding carboxylic acids is 1. The molecular weight excluding hydrogens is 382 g/mol. The first-order valence-corrected chi connectivity index (χ1v) is 9.76. The summed E-state index contributed by atoms with van der Waals surface area (Å²) in [6.07, 6.45) is -1.75. The molecule has 30 heavy (non-hydrogen) atoms. The van der Waals surface area contributed by atoms with Gasteiger partial charge in [-0.15, -0.1) is 10.2 Å². The predicted molar refractivity (Wildman–Crippen MR) is 114 cm³/mol. The molecule has 2 unspecified atom stereocenters. The van der Waals surface area contributed by atoms with Crippen LogP contribution in [0.1, 0.15) is 34.1 Å². The van der Waals surface area contributed by atoms with Crippen LogP contribution < -0.4 is 4.74 Å². The predicted octanol–water partition coefficient (Wildman–Crippen LogP) is 4.04. The van der Waals surface area contributed by atoms with E-state index in [1.807, 2.05) is 45.0 Å². The van der Waals surface area contributed by atoms with Crippen molar-refractivity contribution >= 4 is 17.0 Å². The van der Waals surface area contributed by atoms with Gasteiger partial charge in [0, 0.05) is 5.57 Å². The molecule has 0 aliphatic carbocycles. The van der Waals surface area contributed by atoms with Crippen LogP contribution in [0.15, 0.2) is 60.7 Å². The number of rotatable bonds is 7. The van der Waals surface area contributed by atoms with Gasteiger partial charge in [-0.05, 0) is 55.2 Å². The molecule has 2 aromatic carbocycles. The summed E-state index contributed by atoms with van der Waals surface area (Å²) < 4.78 is 11.1. The van der Waals surface area contributed by atoms with Gasteiger partial charge in [-0.3, -0.25) is 0 Å². The molecule has 0 aliphatic heterocycles. The van der Waals surface area contributed by atoms with E-state index in [-0.39, 0.29) is 11.0 Å². The molecule has 3 aromatic rings. The average Bonchev–Trinajstić information content (AvgIpc) is 3.10. The normalized spacial score (nSPS) is 13.6. The zero-order valence-electron chi connectivity index (χ0n) is 17.7. The van der Waals surface area contributed by atoms with Gasteiger partial charge in [0.1, 0.15) is 22.9 Å². The van der Waals surface area contributed by atoms with Crippen molar-refractivity contribution in [1.82, 2.24) is 15.0 Å². The minimum absolute atomic E-state index is 0.172. The number of hydrogen-bond acceptors (Lipinski definition) is 6. The van der Waals surface area contributed by atoms with Gasteiger partial charge < -0.3 is 14.6 Å². The summed E-state index contributed by atoms with van der Waals surface area (Å²) in [6, 6.07) is 14.6. The maximum Gasteiger partial charge on any atom is 0.336 e. The summed E-state index contributed by atoms with van der Waals surface area (Å²) in [5, 5.41) is 19.5. The van der Waals surface area contributed by atoms with E-state index >= 15 is 0 Å². The van der Waals surface area contributed by atoms with Crippen molar-refractivity contribution in [3.05, 3.63) is 60.7 Å². The van der Waals surface area contributed by atoms with Gasteiger partial charge in [-0.2, -0.15) is 4.80 Å². The second-order valence-electron chi connectivity index (χ2n) is 8.48. The van der Waals surface area contributed by atoms with Crippen LogP contribution >= 0.6 is 0 Å². The summed E-state index contributed by atoms with van der Waals surface area (Å²) >= 11 is 0. The van der Waals surface area contributed by atoms with Gasteiger partial charge in [0.2, 0.25) is 0 Å². The van der Waals surface area contributed by atoms with E-state index < -0.39 is 18.4 Å². The smallest absolute Gasteiger partial charge is 0.336 e. The minimum Gasteiger partial charge on any atom is -0.452 e. The molecule has 0 saturated carbocycles. The van der Waals surface area contributed by atoms with Crippen LogP contribution in [0.3, 0.4) is 0 Å². The number of esters is 1. The van der Waals surface area contributed by atoms with Gasteiger partial charge >= 0.3 is 5.97 Å². The fraction of sp³-hybridized carbons (Fsp3) is 0.348. The fourth-order valence-corrected chi connectivity index (χ4v) is 2.88.